The number of benzene rings is 2. The van der Waals surface area contributed by atoms with E-state index in [0.717, 1.165) is 5.56 Å². The Morgan fingerprint density at radius 1 is 1.24 bits per heavy atom. The molecule has 6 nitrogen and oxygen atoms in total. The molecule has 1 aliphatic heterocycles. The summed E-state index contributed by atoms with van der Waals surface area (Å²) in [4.78, 5) is 28.2. The van der Waals surface area contributed by atoms with E-state index in [4.69, 9.17) is 20.8 Å². The zero-order valence-corrected chi connectivity index (χ0v) is 17.0. The lowest BCUT2D eigenvalue weighted by molar-refractivity contribution is 0.0728. The minimum Gasteiger partial charge on any atom is -0.504 e. The van der Waals surface area contributed by atoms with Gasteiger partial charge in [-0.2, -0.15) is 0 Å². The van der Waals surface area contributed by atoms with Crippen LogP contribution in [0, 0.1) is 6.92 Å². The minimum atomic E-state index is -0.632. The van der Waals surface area contributed by atoms with Gasteiger partial charge < -0.3 is 19.2 Å². The number of fused-ring (bicyclic) bond motifs is 2. The number of hydrogen-bond acceptors (Lipinski definition) is 5. The van der Waals surface area contributed by atoms with Crippen molar-refractivity contribution in [1.29, 1.82) is 0 Å². The molecule has 1 amide bonds. The largest absolute Gasteiger partial charge is 0.504 e. The zero-order valence-electron chi connectivity index (χ0n) is 16.3. The van der Waals surface area contributed by atoms with Gasteiger partial charge in [0.25, 0.3) is 5.91 Å². The molecule has 1 atom stereocenters. The van der Waals surface area contributed by atoms with Crippen LogP contribution < -0.4 is 10.2 Å². The van der Waals surface area contributed by atoms with Crippen LogP contribution in [0.25, 0.3) is 11.0 Å². The minimum absolute atomic E-state index is 0.0179. The third-order valence-electron chi connectivity index (χ3n) is 5.23. The number of halogens is 1. The average Bonchev–Trinajstić information content (AvgIpc) is 2.97. The van der Waals surface area contributed by atoms with Crippen molar-refractivity contribution in [1.82, 2.24) is 4.90 Å². The van der Waals surface area contributed by atoms with Crippen LogP contribution in [0.4, 0.5) is 0 Å². The summed E-state index contributed by atoms with van der Waals surface area (Å²) < 4.78 is 11.1. The number of carbonyl (C=O) groups excluding carboxylic acids is 1. The number of nitrogens with zero attached hydrogens (tertiary/aromatic N) is 1. The quantitative estimate of drug-likeness (QED) is 0.684. The smallest absolute Gasteiger partial charge is 0.290 e. The van der Waals surface area contributed by atoms with E-state index in [1.807, 2.05) is 13.8 Å². The molecule has 0 radical (unpaired) electrons. The van der Waals surface area contributed by atoms with Gasteiger partial charge in [0.05, 0.1) is 24.1 Å². The van der Waals surface area contributed by atoms with Crippen molar-refractivity contribution in [2.24, 2.45) is 0 Å². The van der Waals surface area contributed by atoms with Gasteiger partial charge in [-0.25, -0.2) is 0 Å². The predicted molar refractivity (Wildman–Crippen MR) is 110 cm³/mol. The Hall–Kier alpha value is -2.99. The van der Waals surface area contributed by atoms with Gasteiger partial charge >= 0.3 is 0 Å². The lowest BCUT2D eigenvalue weighted by atomic mass is 9.97. The van der Waals surface area contributed by atoms with Crippen molar-refractivity contribution < 1.29 is 19.1 Å². The van der Waals surface area contributed by atoms with E-state index in [0.29, 0.717) is 34.5 Å². The highest BCUT2D eigenvalue weighted by atomic mass is 35.5. The fourth-order valence-corrected chi connectivity index (χ4v) is 3.99. The van der Waals surface area contributed by atoms with Gasteiger partial charge in [-0.05, 0) is 48.7 Å². The number of phenolic OH excluding ortho intramolecular Hbond substituents is 1. The molecular formula is C22H20ClNO5. The number of aromatic hydroxyl groups is 1. The van der Waals surface area contributed by atoms with E-state index in [2.05, 4.69) is 0 Å². The van der Waals surface area contributed by atoms with Gasteiger partial charge in [-0.1, -0.05) is 24.6 Å². The molecule has 7 heteroatoms. The summed E-state index contributed by atoms with van der Waals surface area (Å²) in [6.45, 7) is 4.22. The van der Waals surface area contributed by atoms with Crippen molar-refractivity contribution >= 4 is 28.5 Å². The van der Waals surface area contributed by atoms with E-state index in [-0.39, 0.29) is 34.2 Å². The van der Waals surface area contributed by atoms with E-state index in [1.54, 1.807) is 29.2 Å². The summed E-state index contributed by atoms with van der Waals surface area (Å²) in [6.07, 6.45) is 0.712. The number of amides is 1. The number of phenols is 1. The van der Waals surface area contributed by atoms with Gasteiger partial charge in [0.1, 0.15) is 5.58 Å². The van der Waals surface area contributed by atoms with Crippen LogP contribution in [-0.4, -0.2) is 29.6 Å². The second kappa shape index (κ2) is 7.12. The molecular weight excluding hydrogens is 394 g/mol. The van der Waals surface area contributed by atoms with Crippen LogP contribution in [0.2, 0.25) is 5.02 Å². The van der Waals surface area contributed by atoms with Gasteiger partial charge in [0.15, 0.2) is 16.9 Å². The summed E-state index contributed by atoms with van der Waals surface area (Å²) in [5.41, 5.74) is 1.75. The van der Waals surface area contributed by atoms with Crippen molar-refractivity contribution in [3.63, 3.8) is 0 Å². The molecule has 0 spiro atoms. The summed E-state index contributed by atoms with van der Waals surface area (Å²) in [6, 6.07) is 7.43. The Morgan fingerprint density at radius 2 is 2.00 bits per heavy atom. The maximum atomic E-state index is 13.4. The molecule has 3 aromatic rings. The lowest BCUT2D eigenvalue weighted by Crippen LogP contribution is -2.30. The Labute approximate surface area is 172 Å². The van der Waals surface area contributed by atoms with Crippen LogP contribution in [-0.2, 0) is 0 Å². The van der Waals surface area contributed by atoms with E-state index >= 15 is 0 Å². The highest BCUT2D eigenvalue weighted by molar-refractivity contribution is 6.32. The molecule has 150 valence electrons. The van der Waals surface area contributed by atoms with Crippen molar-refractivity contribution in [3.05, 3.63) is 68.0 Å². The first-order valence-corrected chi connectivity index (χ1v) is 9.69. The molecule has 1 aromatic heterocycles. The SMILES string of the molecule is CCCN1C(=O)c2oc3cc(C)c(Cl)cc3c(=O)c2C1c1ccc(O)c(OC)c1. The average molecular weight is 414 g/mol. The molecule has 4 rings (SSSR count). The molecule has 2 aromatic carbocycles. The molecule has 0 bridgehead atoms. The highest BCUT2D eigenvalue weighted by Gasteiger charge is 2.42. The maximum Gasteiger partial charge on any atom is 0.290 e. The molecule has 2 heterocycles. The molecule has 29 heavy (non-hydrogen) atoms. The number of aryl methyl sites for hydroxylation is 1. The molecule has 0 saturated heterocycles. The standard InChI is InChI=1S/C22H20ClNO5/c1-4-7-24-19(12-5-6-15(25)17(9-12)28-3)18-20(26)13-10-14(23)11(2)8-16(13)29-21(18)22(24)27/h5-6,8-10,19,25H,4,7H2,1-3H3. The van der Waals surface area contributed by atoms with E-state index in [9.17, 15) is 14.7 Å². The lowest BCUT2D eigenvalue weighted by Gasteiger charge is -2.25. The fourth-order valence-electron chi connectivity index (χ4n) is 3.82. The Bertz CT molecular complexity index is 1200. The summed E-state index contributed by atoms with van der Waals surface area (Å²) >= 11 is 6.23. The topological polar surface area (TPSA) is 80.0 Å². The molecule has 0 aliphatic carbocycles. The maximum absolute atomic E-state index is 13.4. The number of ether oxygens (including phenoxy) is 1. The van der Waals surface area contributed by atoms with Crippen LogP contribution in [0.1, 0.15) is 46.6 Å². The fraction of sp³-hybridized carbons (Fsp3) is 0.273. The number of hydrogen-bond donors (Lipinski definition) is 1. The van der Waals surface area contributed by atoms with Crippen LogP contribution in [0.3, 0.4) is 0 Å². The predicted octanol–water partition coefficient (Wildman–Crippen LogP) is 4.42. The van der Waals surface area contributed by atoms with Crippen LogP contribution in [0.15, 0.2) is 39.5 Å². The molecule has 1 aliphatic rings. The second-order valence-electron chi connectivity index (χ2n) is 7.10. The van der Waals surface area contributed by atoms with Crippen molar-refractivity contribution in [2.45, 2.75) is 26.3 Å². The van der Waals surface area contributed by atoms with Crippen LogP contribution >= 0.6 is 11.6 Å². The monoisotopic (exact) mass is 413 g/mol. The first-order chi connectivity index (χ1) is 13.9. The second-order valence-corrected chi connectivity index (χ2v) is 7.51. The number of methoxy groups -OCH3 is 1. The zero-order chi connectivity index (χ0) is 20.9. The molecule has 0 fully saturated rings. The Balaban J connectivity index is 2.02. The van der Waals surface area contributed by atoms with Gasteiger partial charge in [0, 0.05) is 11.6 Å². The van der Waals surface area contributed by atoms with Crippen molar-refractivity contribution in [3.8, 4) is 11.5 Å². The normalized spacial score (nSPS) is 15.8. The molecule has 1 N–H and O–H groups in total. The van der Waals surface area contributed by atoms with Gasteiger partial charge in [0.2, 0.25) is 5.76 Å². The molecule has 1 unspecified atom stereocenters. The highest BCUT2D eigenvalue weighted by Crippen LogP contribution is 2.41. The number of rotatable bonds is 4. The first kappa shape index (κ1) is 19.3. The van der Waals surface area contributed by atoms with Gasteiger partial charge in [-0.15, -0.1) is 0 Å². The summed E-state index contributed by atoms with van der Waals surface area (Å²) in [5, 5.41) is 10.7. The van der Waals surface area contributed by atoms with Crippen molar-refractivity contribution in [2.75, 3.05) is 13.7 Å². The summed E-state index contributed by atoms with van der Waals surface area (Å²) in [7, 11) is 1.45. The van der Waals surface area contributed by atoms with Gasteiger partial charge in [-0.3, -0.25) is 9.59 Å². The third kappa shape index (κ3) is 2.95. The van der Waals surface area contributed by atoms with Crippen LogP contribution in [0.5, 0.6) is 11.5 Å². The number of carbonyl (C=O) groups is 1. The Kier molecular flexibility index (Phi) is 4.74. The van der Waals surface area contributed by atoms with E-state index < -0.39 is 6.04 Å². The Morgan fingerprint density at radius 3 is 2.69 bits per heavy atom. The molecule has 0 saturated carbocycles. The first-order valence-electron chi connectivity index (χ1n) is 9.32. The third-order valence-corrected chi connectivity index (χ3v) is 5.64. The van der Waals surface area contributed by atoms with E-state index in [1.165, 1.54) is 13.2 Å². The summed E-state index contributed by atoms with van der Waals surface area (Å²) in [5.74, 6) is -0.0282.